The Kier molecular flexibility index (Phi) is 5.24. The highest BCUT2D eigenvalue weighted by Crippen LogP contribution is 2.46. The second-order valence-electron chi connectivity index (χ2n) is 8.67. The van der Waals surface area contributed by atoms with Crippen molar-refractivity contribution in [3.63, 3.8) is 0 Å². The SMILES string of the molecule is CCOc1ccc(C2COC3=C4CCC(C)(C)OC4=C(C)CC=C3C2)c(N=O)c1. The van der Waals surface area contributed by atoms with Gasteiger partial charge in [-0.2, -0.15) is 0 Å². The molecular weight excluding hydrogens is 366 g/mol. The van der Waals surface area contributed by atoms with Crippen molar-refractivity contribution < 1.29 is 14.2 Å². The van der Waals surface area contributed by atoms with Crippen LogP contribution in [-0.2, 0) is 9.47 Å². The number of rotatable bonds is 4. The molecule has 1 unspecified atom stereocenters. The molecule has 1 atom stereocenters. The van der Waals surface area contributed by atoms with Gasteiger partial charge in [0.15, 0.2) is 0 Å². The van der Waals surface area contributed by atoms with Crippen LogP contribution >= 0.6 is 0 Å². The van der Waals surface area contributed by atoms with Gasteiger partial charge < -0.3 is 14.2 Å². The Hall–Kier alpha value is -2.56. The highest BCUT2D eigenvalue weighted by molar-refractivity contribution is 5.54. The maximum absolute atomic E-state index is 11.5. The van der Waals surface area contributed by atoms with Crippen LogP contribution in [0.25, 0.3) is 0 Å². The summed E-state index contributed by atoms with van der Waals surface area (Å²) >= 11 is 0. The zero-order valence-corrected chi connectivity index (χ0v) is 17.7. The number of ether oxygens (including phenoxy) is 3. The molecule has 3 aliphatic rings. The summed E-state index contributed by atoms with van der Waals surface area (Å²) in [7, 11) is 0. The molecule has 0 amide bonds. The molecule has 0 spiro atoms. The molecule has 0 N–H and O–H groups in total. The highest BCUT2D eigenvalue weighted by Gasteiger charge is 2.36. The van der Waals surface area contributed by atoms with Crippen molar-refractivity contribution >= 4 is 5.69 Å². The van der Waals surface area contributed by atoms with Gasteiger partial charge in [0.2, 0.25) is 0 Å². The Bertz CT molecular complexity index is 923. The average molecular weight is 395 g/mol. The smallest absolute Gasteiger partial charge is 0.129 e. The van der Waals surface area contributed by atoms with E-state index >= 15 is 0 Å². The summed E-state index contributed by atoms with van der Waals surface area (Å²) < 4.78 is 18.2. The maximum atomic E-state index is 11.5. The molecule has 5 nitrogen and oxygen atoms in total. The molecule has 0 aromatic heterocycles. The Balaban J connectivity index is 1.63. The van der Waals surface area contributed by atoms with Crippen molar-refractivity contribution in [2.75, 3.05) is 13.2 Å². The molecule has 29 heavy (non-hydrogen) atoms. The highest BCUT2D eigenvalue weighted by atomic mass is 16.5. The second-order valence-corrected chi connectivity index (χ2v) is 8.67. The van der Waals surface area contributed by atoms with E-state index in [0.717, 1.165) is 42.8 Å². The lowest BCUT2D eigenvalue weighted by Crippen LogP contribution is -2.30. The van der Waals surface area contributed by atoms with Crippen molar-refractivity contribution in [2.24, 2.45) is 5.18 Å². The zero-order chi connectivity index (χ0) is 20.6. The summed E-state index contributed by atoms with van der Waals surface area (Å²) in [6, 6.07) is 5.58. The number of benzene rings is 1. The van der Waals surface area contributed by atoms with Gasteiger partial charge >= 0.3 is 0 Å². The summed E-state index contributed by atoms with van der Waals surface area (Å²) in [5.74, 6) is 2.76. The third-order valence-corrected chi connectivity index (χ3v) is 5.98. The van der Waals surface area contributed by atoms with E-state index in [2.05, 4.69) is 32.0 Å². The number of hydrogen-bond donors (Lipinski definition) is 0. The van der Waals surface area contributed by atoms with Gasteiger partial charge in [0, 0.05) is 17.6 Å². The summed E-state index contributed by atoms with van der Waals surface area (Å²) in [4.78, 5) is 11.5. The van der Waals surface area contributed by atoms with E-state index in [-0.39, 0.29) is 11.5 Å². The lowest BCUT2D eigenvalue weighted by molar-refractivity contribution is 0.0109. The Morgan fingerprint density at radius 2 is 2.10 bits per heavy atom. The summed E-state index contributed by atoms with van der Waals surface area (Å²) in [5, 5.41) is 3.26. The first-order valence-corrected chi connectivity index (χ1v) is 10.5. The molecular formula is C24H29NO4. The maximum Gasteiger partial charge on any atom is 0.129 e. The minimum atomic E-state index is -0.144. The van der Waals surface area contributed by atoms with Crippen LogP contribution in [0.2, 0.25) is 0 Å². The van der Waals surface area contributed by atoms with Crippen LogP contribution in [-0.4, -0.2) is 18.8 Å². The third kappa shape index (κ3) is 3.83. The molecule has 154 valence electrons. The predicted molar refractivity (Wildman–Crippen MR) is 113 cm³/mol. The van der Waals surface area contributed by atoms with Gasteiger partial charge in [-0.15, -0.1) is 4.91 Å². The number of nitrogens with zero attached hydrogens (tertiary/aromatic N) is 1. The fourth-order valence-electron chi connectivity index (χ4n) is 4.41. The summed E-state index contributed by atoms with van der Waals surface area (Å²) in [6.07, 6.45) is 5.88. The fraction of sp³-hybridized carbons (Fsp3) is 0.500. The molecule has 2 saturated heterocycles. The lowest BCUT2D eigenvalue weighted by atomic mass is 9.85. The standard InChI is InChI=1S/C24H29NO4/c1-5-27-18-8-9-19(21(13-18)25-26)17-12-16-7-6-15(2)22-20(23(16)28-14-17)10-11-24(3,4)29-22/h7-9,13,17H,5-6,10-12,14H2,1-4H3. The van der Waals surface area contributed by atoms with E-state index in [1.54, 1.807) is 6.07 Å². The average Bonchev–Trinajstić information content (AvgIpc) is 2.84. The first-order valence-electron chi connectivity index (χ1n) is 10.5. The van der Waals surface area contributed by atoms with Crippen LogP contribution in [0, 0.1) is 4.91 Å². The van der Waals surface area contributed by atoms with E-state index in [1.807, 2.05) is 19.1 Å². The number of fused-ring (bicyclic) bond motifs is 2. The van der Waals surface area contributed by atoms with E-state index in [9.17, 15) is 4.91 Å². The largest absolute Gasteiger partial charge is 0.494 e. The van der Waals surface area contributed by atoms with Gasteiger partial charge in [-0.1, -0.05) is 12.1 Å². The van der Waals surface area contributed by atoms with Crippen LogP contribution in [0.4, 0.5) is 5.69 Å². The molecule has 0 radical (unpaired) electrons. The number of nitroso groups, excluding NO2 is 1. The van der Waals surface area contributed by atoms with Gasteiger partial charge in [0.25, 0.3) is 0 Å². The summed E-state index contributed by atoms with van der Waals surface area (Å²) in [5.41, 5.74) is 4.87. The Morgan fingerprint density at radius 3 is 2.86 bits per heavy atom. The van der Waals surface area contributed by atoms with Crippen LogP contribution in [0.3, 0.4) is 0 Å². The molecule has 1 aliphatic carbocycles. The first-order chi connectivity index (χ1) is 13.9. The number of hydrogen-bond acceptors (Lipinski definition) is 5. The molecule has 2 fully saturated rings. The fourth-order valence-corrected chi connectivity index (χ4v) is 4.41. The Labute approximate surface area is 172 Å². The van der Waals surface area contributed by atoms with Crippen LogP contribution < -0.4 is 4.74 Å². The molecule has 0 bridgehead atoms. The molecule has 0 saturated carbocycles. The van der Waals surface area contributed by atoms with Crippen LogP contribution in [0.5, 0.6) is 5.75 Å². The van der Waals surface area contributed by atoms with Crippen LogP contribution in [0.1, 0.15) is 64.9 Å². The molecule has 1 aromatic rings. The minimum absolute atomic E-state index is 0.0942. The molecule has 2 heterocycles. The first kappa shape index (κ1) is 19.7. The Morgan fingerprint density at radius 1 is 1.28 bits per heavy atom. The normalized spacial score (nSPS) is 23.2. The number of allylic oxidation sites excluding steroid dienone is 4. The topological polar surface area (TPSA) is 57.1 Å². The summed E-state index contributed by atoms with van der Waals surface area (Å²) in [6.45, 7) is 9.44. The molecule has 4 rings (SSSR count). The quantitative estimate of drug-likeness (QED) is 0.551. The van der Waals surface area contributed by atoms with Crippen molar-refractivity contribution in [3.05, 3.63) is 63.0 Å². The second kappa shape index (κ2) is 7.69. The van der Waals surface area contributed by atoms with Gasteiger partial charge in [-0.3, -0.25) is 0 Å². The van der Waals surface area contributed by atoms with Crippen molar-refractivity contribution in [1.29, 1.82) is 0 Å². The monoisotopic (exact) mass is 395 g/mol. The van der Waals surface area contributed by atoms with Gasteiger partial charge in [-0.05, 0) is 81.3 Å². The molecule has 2 aliphatic heterocycles. The van der Waals surface area contributed by atoms with Crippen LogP contribution in [0.15, 0.2) is 57.7 Å². The minimum Gasteiger partial charge on any atom is -0.494 e. The van der Waals surface area contributed by atoms with Gasteiger partial charge in [0.05, 0.1) is 13.2 Å². The third-order valence-electron chi connectivity index (χ3n) is 5.98. The van der Waals surface area contributed by atoms with Gasteiger partial charge in [0.1, 0.15) is 28.6 Å². The lowest BCUT2D eigenvalue weighted by Gasteiger charge is -2.37. The zero-order valence-electron chi connectivity index (χ0n) is 17.7. The molecule has 1 aromatic carbocycles. The van der Waals surface area contributed by atoms with Crippen molar-refractivity contribution in [2.45, 2.75) is 64.9 Å². The van der Waals surface area contributed by atoms with E-state index in [0.29, 0.717) is 24.7 Å². The van der Waals surface area contributed by atoms with Crippen molar-refractivity contribution in [3.8, 4) is 5.75 Å². The van der Waals surface area contributed by atoms with E-state index in [4.69, 9.17) is 14.2 Å². The van der Waals surface area contributed by atoms with E-state index < -0.39 is 0 Å². The van der Waals surface area contributed by atoms with E-state index in [1.165, 1.54) is 16.7 Å². The van der Waals surface area contributed by atoms with Gasteiger partial charge in [-0.25, -0.2) is 0 Å². The predicted octanol–water partition coefficient (Wildman–Crippen LogP) is 6.43. The molecule has 5 heteroatoms. The van der Waals surface area contributed by atoms with Crippen molar-refractivity contribution in [1.82, 2.24) is 0 Å².